The number of rotatable bonds is 3. The van der Waals surface area contributed by atoms with Crippen LogP contribution in [0.25, 0.3) is 11.3 Å². The van der Waals surface area contributed by atoms with E-state index in [2.05, 4.69) is 31.9 Å². The molecule has 0 aliphatic rings. The van der Waals surface area contributed by atoms with Crippen LogP contribution in [0, 0.1) is 6.92 Å². The van der Waals surface area contributed by atoms with E-state index in [4.69, 9.17) is 4.42 Å². The molecule has 1 aromatic heterocycles. The van der Waals surface area contributed by atoms with Crippen LogP contribution >= 0.6 is 31.9 Å². The minimum Gasteiger partial charge on any atom is -0.453 e. The number of carbonyl (C=O) groups is 1. The van der Waals surface area contributed by atoms with Crippen LogP contribution < -0.4 is 0 Å². The maximum absolute atomic E-state index is 11.6. The number of furan rings is 1. The SMILES string of the molecule is CCC(=O)c1ccc(-c2c(Br)cc(C)cc2Br)o1. The van der Waals surface area contributed by atoms with Crippen LogP contribution in [0.2, 0.25) is 0 Å². The molecule has 0 spiro atoms. The summed E-state index contributed by atoms with van der Waals surface area (Å²) in [7, 11) is 0. The van der Waals surface area contributed by atoms with Gasteiger partial charge in [-0.1, -0.05) is 6.92 Å². The molecule has 2 rings (SSSR count). The topological polar surface area (TPSA) is 30.2 Å². The molecule has 0 bridgehead atoms. The van der Waals surface area contributed by atoms with E-state index in [9.17, 15) is 4.79 Å². The van der Waals surface area contributed by atoms with Gasteiger partial charge in [-0.3, -0.25) is 4.79 Å². The number of hydrogen-bond acceptors (Lipinski definition) is 2. The average molecular weight is 372 g/mol. The molecule has 1 heterocycles. The molecule has 0 amide bonds. The zero-order chi connectivity index (χ0) is 13.3. The molecule has 94 valence electrons. The molecule has 0 N–H and O–H groups in total. The van der Waals surface area contributed by atoms with Gasteiger partial charge in [-0.2, -0.15) is 0 Å². The van der Waals surface area contributed by atoms with Crippen LogP contribution in [0.1, 0.15) is 29.5 Å². The maximum atomic E-state index is 11.6. The first-order valence-corrected chi connectivity index (χ1v) is 7.20. The second-order valence-corrected chi connectivity index (χ2v) is 5.75. The molecule has 0 unspecified atom stereocenters. The number of benzene rings is 1. The minimum absolute atomic E-state index is 0.0145. The Bertz CT molecular complexity index is 577. The minimum atomic E-state index is 0.0145. The molecule has 0 aliphatic heterocycles. The molecule has 0 atom stereocenters. The summed E-state index contributed by atoms with van der Waals surface area (Å²) < 4.78 is 7.50. The van der Waals surface area contributed by atoms with Gasteiger partial charge in [0.25, 0.3) is 0 Å². The lowest BCUT2D eigenvalue weighted by Gasteiger charge is -2.06. The molecular weight excluding hydrogens is 360 g/mol. The zero-order valence-electron chi connectivity index (χ0n) is 10.1. The van der Waals surface area contributed by atoms with Crippen molar-refractivity contribution in [1.29, 1.82) is 0 Å². The van der Waals surface area contributed by atoms with Crippen molar-refractivity contribution >= 4 is 37.6 Å². The van der Waals surface area contributed by atoms with Gasteiger partial charge in [0, 0.05) is 20.9 Å². The van der Waals surface area contributed by atoms with Crippen molar-refractivity contribution in [2.24, 2.45) is 0 Å². The van der Waals surface area contributed by atoms with Gasteiger partial charge in [0.1, 0.15) is 5.76 Å². The van der Waals surface area contributed by atoms with Crippen LogP contribution in [0.4, 0.5) is 0 Å². The van der Waals surface area contributed by atoms with Crippen LogP contribution in [0.3, 0.4) is 0 Å². The fourth-order valence-electron chi connectivity index (χ4n) is 1.73. The molecule has 0 saturated heterocycles. The van der Waals surface area contributed by atoms with Crippen LogP contribution in [0.5, 0.6) is 0 Å². The molecule has 1 aromatic carbocycles. The average Bonchev–Trinajstić information content (AvgIpc) is 2.76. The molecule has 0 fully saturated rings. The smallest absolute Gasteiger partial charge is 0.197 e. The fraction of sp³-hybridized carbons (Fsp3) is 0.214. The van der Waals surface area contributed by atoms with Gasteiger partial charge >= 0.3 is 0 Å². The Labute approximate surface area is 123 Å². The predicted octanol–water partition coefficient (Wildman–Crippen LogP) is 5.37. The first-order valence-electron chi connectivity index (χ1n) is 5.62. The maximum Gasteiger partial charge on any atom is 0.197 e. The van der Waals surface area contributed by atoms with Gasteiger partial charge in [-0.25, -0.2) is 0 Å². The second-order valence-electron chi connectivity index (χ2n) is 4.04. The molecule has 0 radical (unpaired) electrons. The molecule has 4 heteroatoms. The van der Waals surface area contributed by atoms with Crippen molar-refractivity contribution in [3.63, 3.8) is 0 Å². The van der Waals surface area contributed by atoms with Gasteiger partial charge in [0.15, 0.2) is 11.5 Å². The fourth-order valence-corrected chi connectivity index (χ4v) is 3.54. The van der Waals surface area contributed by atoms with Crippen molar-refractivity contribution in [2.75, 3.05) is 0 Å². The Balaban J connectivity index is 2.49. The molecule has 18 heavy (non-hydrogen) atoms. The van der Waals surface area contributed by atoms with Crippen LogP contribution in [0.15, 0.2) is 37.6 Å². The summed E-state index contributed by atoms with van der Waals surface area (Å²) in [4.78, 5) is 11.6. The lowest BCUT2D eigenvalue weighted by Crippen LogP contribution is -1.92. The van der Waals surface area contributed by atoms with E-state index in [0.29, 0.717) is 17.9 Å². The summed E-state index contributed by atoms with van der Waals surface area (Å²) >= 11 is 7.05. The standard InChI is InChI=1S/C14H12Br2O2/c1-3-11(17)12-4-5-13(18-12)14-9(15)6-8(2)7-10(14)16/h4-7H,3H2,1-2H3. The van der Waals surface area contributed by atoms with E-state index >= 15 is 0 Å². The molecule has 0 saturated carbocycles. The third kappa shape index (κ3) is 2.59. The van der Waals surface area contributed by atoms with Gasteiger partial charge < -0.3 is 4.42 Å². The van der Waals surface area contributed by atoms with Gasteiger partial charge in [0.05, 0.1) is 0 Å². The first-order chi connectivity index (χ1) is 8.52. The summed E-state index contributed by atoms with van der Waals surface area (Å²) in [6.45, 7) is 3.84. The number of halogens is 2. The highest BCUT2D eigenvalue weighted by atomic mass is 79.9. The van der Waals surface area contributed by atoms with Crippen molar-refractivity contribution < 1.29 is 9.21 Å². The highest BCUT2D eigenvalue weighted by Gasteiger charge is 2.15. The molecule has 0 aliphatic carbocycles. The quantitative estimate of drug-likeness (QED) is 0.678. The van der Waals surface area contributed by atoms with Crippen molar-refractivity contribution in [3.8, 4) is 11.3 Å². The number of hydrogen-bond donors (Lipinski definition) is 0. The van der Waals surface area contributed by atoms with Crippen LogP contribution in [-0.2, 0) is 0 Å². The highest BCUT2D eigenvalue weighted by Crippen LogP contribution is 2.37. The number of ketones is 1. The Hall–Kier alpha value is -0.870. The number of carbonyl (C=O) groups excluding carboxylic acids is 1. The lowest BCUT2D eigenvalue weighted by molar-refractivity contribution is 0.0962. The van der Waals surface area contributed by atoms with Gasteiger partial charge in [-0.15, -0.1) is 0 Å². The van der Waals surface area contributed by atoms with Gasteiger partial charge in [-0.05, 0) is 68.6 Å². The van der Waals surface area contributed by atoms with Crippen LogP contribution in [-0.4, -0.2) is 5.78 Å². The Kier molecular flexibility index (Phi) is 4.07. The van der Waals surface area contributed by atoms with E-state index in [1.165, 1.54) is 0 Å². The van der Waals surface area contributed by atoms with E-state index in [0.717, 1.165) is 20.1 Å². The predicted molar refractivity (Wildman–Crippen MR) is 78.9 cm³/mol. The number of aryl methyl sites for hydroxylation is 1. The zero-order valence-corrected chi connectivity index (χ0v) is 13.3. The summed E-state index contributed by atoms with van der Waals surface area (Å²) in [6, 6.07) is 7.58. The normalized spacial score (nSPS) is 10.7. The summed E-state index contributed by atoms with van der Waals surface area (Å²) in [5.74, 6) is 1.11. The first kappa shape index (κ1) is 13.6. The molecule has 2 nitrogen and oxygen atoms in total. The Morgan fingerprint density at radius 2 is 1.83 bits per heavy atom. The van der Waals surface area contributed by atoms with E-state index in [-0.39, 0.29) is 5.78 Å². The van der Waals surface area contributed by atoms with E-state index < -0.39 is 0 Å². The van der Waals surface area contributed by atoms with Crippen molar-refractivity contribution in [2.45, 2.75) is 20.3 Å². The number of Topliss-reactive ketones (excluding diaryl/α,β-unsaturated/α-hetero) is 1. The summed E-state index contributed by atoms with van der Waals surface area (Å²) in [5, 5.41) is 0. The Morgan fingerprint density at radius 3 is 2.39 bits per heavy atom. The highest BCUT2D eigenvalue weighted by molar-refractivity contribution is 9.11. The van der Waals surface area contributed by atoms with E-state index in [1.54, 1.807) is 6.07 Å². The monoisotopic (exact) mass is 370 g/mol. The summed E-state index contributed by atoms with van der Waals surface area (Å²) in [6.07, 6.45) is 0.448. The van der Waals surface area contributed by atoms with Gasteiger partial charge in [0.2, 0.25) is 0 Å². The van der Waals surface area contributed by atoms with Crippen molar-refractivity contribution in [1.82, 2.24) is 0 Å². The van der Waals surface area contributed by atoms with E-state index in [1.807, 2.05) is 32.0 Å². The Morgan fingerprint density at radius 1 is 1.22 bits per heavy atom. The molecule has 2 aromatic rings. The summed E-state index contributed by atoms with van der Waals surface area (Å²) in [5.41, 5.74) is 2.07. The third-order valence-electron chi connectivity index (χ3n) is 2.63. The molecular formula is C14H12Br2O2. The van der Waals surface area contributed by atoms with Crippen molar-refractivity contribution in [3.05, 3.63) is 44.5 Å². The largest absolute Gasteiger partial charge is 0.453 e. The third-order valence-corrected chi connectivity index (χ3v) is 3.89. The lowest BCUT2D eigenvalue weighted by atomic mass is 10.1. The second kappa shape index (κ2) is 5.41.